The Morgan fingerprint density at radius 2 is 2.10 bits per heavy atom. The van der Waals surface area contributed by atoms with Crippen molar-refractivity contribution in [2.75, 3.05) is 19.7 Å². The topological polar surface area (TPSA) is 58.6 Å². The molecule has 0 radical (unpaired) electrons. The first kappa shape index (κ1) is 20.5. The maximum absolute atomic E-state index is 13.0. The minimum atomic E-state index is -0.407. The molecule has 29 heavy (non-hydrogen) atoms. The van der Waals surface area contributed by atoms with Gasteiger partial charge in [-0.3, -0.25) is 9.69 Å². The summed E-state index contributed by atoms with van der Waals surface area (Å²) < 4.78 is 5.83. The van der Waals surface area contributed by atoms with Crippen molar-refractivity contribution in [2.24, 2.45) is 17.3 Å². The van der Waals surface area contributed by atoms with E-state index >= 15 is 0 Å². The van der Waals surface area contributed by atoms with Gasteiger partial charge in [-0.2, -0.15) is 0 Å². The smallest absolute Gasteiger partial charge is 0.250 e. The fraction of sp³-hybridized carbons (Fsp3) is 0.667. The summed E-state index contributed by atoms with van der Waals surface area (Å²) in [5, 5.41) is 3.31. The van der Waals surface area contributed by atoms with Gasteiger partial charge in [0, 0.05) is 31.1 Å². The van der Waals surface area contributed by atoms with Crippen LogP contribution in [0.2, 0.25) is 0 Å². The number of hydrogen-bond acceptors (Lipinski definition) is 4. The van der Waals surface area contributed by atoms with Crippen molar-refractivity contribution < 1.29 is 14.3 Å². The minimum absolute atomic E-state index is 0.0185. The third-order valence-corrected chi connectivity index (χ3v) is 7.43. The lowest BCUT2D eigenvalue weighted by Gasteiger charge is -2.48. The first-order valence-electron chi connectivity index (χ1n) is 11.3. The molecule has 0 spiro atoms. The molecule has 5 unspecified atom stereocenters. The molecule has 3 aliphatic rings. The van der Waals surface area contributed by atoms with E-state index in [1.165, 1.54) is 11.8 Å². The Hall–Kier alpha value is -1.72. The molecular weight excluding hydrogens is 364 g/mol. The second-order valence-electron chi connectivity index (χ2n) is 9.38. The molecule has 2 saturated carbocycles. The summed E-state index contributed by atoms with van der Waals surface area (Å²) >= 11 is 0. The van der Waals surface area contributed by atoms with Crippen molar-refractivity contribution in [2.45, 2.75) is 64.1 Å². The lowest BCUT2D eigenvalue weighted by Crippen LogP contribution is -2.55. The van der Waals surface area contributed by atoms with Crippen molar-refractivity contribution in [1.82, 2.24) is 10.2 Å². The number of hydrogen-bond donors (Lipinski definition) is 1. The molecule has 1 heterocycles. The molecule has 1 amide bonds. The number of rotatable bonds is 6. The summed E-state index contributed by atoms with van der Waals surface area (Å²) in [6.45, 7) is 5.05. The van der Waals surface area contributed by atoms with Crippen LogP contribution in [-0.4, -0.2) is 48.9 Å². The van der Waals surface area contributed by atoms with Crippen molar-refractivity contribution in [3.63, 3.8) is 0 Å². The van der Waals surface area contributed by atoms with Crippen LogP contribution in [0.1, 0.15) is 51.0 Å². The number of morpholine rings is 1. The molecule has 4 rings (SSSR count). The SMILES string of the molecule is CCC1(C=O)CC2CCC(NC(=O)C3CN(Cc4ccccc4)CCO3)C(C2)C1. The molecule has 2 bridgehead atoms. The zero-order chi connectivity index (χ0) is 20.3. The van der Waals surface area contributed by atoms with Crippen LogP contribution >= 0.6 is 0 Å². The maximum atomic E-state index is 13.0. The predicted octanol–water partition coefficient (Wildman–Crippen LogP) is 3.18. The van der Waals surface area contributed by atoms with Crippen molar-refractivity contribution >= 4 is 12.2 Å². The molecule has 1 aromatic rings. The van der Waals surface area contributed by atoms with E-state index in [1.54, 1.807) is 0 Å². The van der Waals surface area contributed by atoms with Gasteiger partial charge in [0.15, 0.2) is 0 Å². The Kier molecular flexibility index (Phi) is 6.35. The van der Waals surface area contributed by atoms with Crippen LogP contribution in [0.3, 0.4) is 0 Å². The van der Waals surface area contributed by atoms with Gasteiger partial charge in [-0.05, 0) is 55.9 Å². The molecular formula is C24H34N2O3. The van der Waals surface area contributed by atoms with Crippen molar-refractivity contribution in [3.8, 4) is 0 Å². The highest BCUT2D eigenvalue weighted by atomic mass is 16.5. The van der Waals surface area contributed by atoms with Gasteiger partial charge in [-0.1, -0.05) is 37.3 Å². The number of benzene rings is 1. The largest absolute Gasteiger partial charge is 0.366 e. The van der Waals surface area contributed by atoms with E-state index < -0.39 is 6.10 Å². The van der Waals surface area contributed by atoms with E-state index in [-0.39, 0.29) is 17.4 Å². The minimum Gasteiger partial charge on any atom is -0.366 e. The second-order valence-corrected chi connectivity index (χ2v) is 9.38. The number of aldehydes is 1. The molecule has 5 heteroatoms. The first-order chi connectivity index (χ1) is 14.1. The third kappa shape index (κ3) is 4.72. The first-order valence-corrected chi connectivity index (χ1v) is 11.3. The molecule has 3 fully saturated rings. The van der Waals surface area contributed by atoms with Gasteiger partial charge in [0.25, 0.3) is 5.91 Å². The summed E-state index contributed by atoms with van der Waals surface area (Å²) in [4.78, 5) is 27.1. The Labute approximate surface area is 174 Å². The van der Waals surface area contributed by atoms with Crippen LogP contribution in [0.5, 0.6) is 0 Å². The molecule has 0 aromatic heterocycles. The van der Waals surface area contributed by atoms with E-state index in [9.17, 15) is 9.59 Å². The quantitative estimate of drug-likeness (QED) is 0.748. The molecule has 5 atom stereocenters. The molecule has 1 N–H and O–H groups in total. The number of fused-ring (bicyclic) bond motifs is 2. The predicted molar refractivity (Wildman–Crippen MR) is 112 cm³/mol. The van der Waals surface area contributed by atoms with Crippen LogP contribution in [0.4, 0.5) is 0 Å². The van der Waals surface area contributed by atoms with Crippen LogP contribution in [-0.2, 0) is 20.9 Å². The average molecular weight is 399 g/mol. The Bertz CT molecular complexity index is 709. The van der Waals surface area contributed by atoms with Crippen LogP contribution in [0.15, 0.2) is 30.3 Å². The number of carbonyl (C=O) groups excluding carboxylic acids is 2. The highest BCUT2D eigenvalue weighted by Crippen LogP contribution is 2.49. The summed E-state index contributed by atoms with van der Waals surface area (Å²) in [6, 6.07) is 10.6. The van der Waals surface area contributed by atoms with E-state index in [0.29, 0.717) is 25.0 Å². The van der Waals surface area contributed by atoms with Gasteiger partial charge in [0.1, 0.15) is 12.4 Å². The molecule has 1 saturated heterocycles. The summed E-state index contributed by atoms with van der Waals surface area (Å²) in [6.07, 6.45) is 6.93. The fourth-order valence-electron chi connectivity index (χ4n) is 5.73. The van der Waals surface area contributed by atoms with Crippen LogP contribution in [0, 0.1) is 17.3 Å². The van der Waals surface area contributed by atoms with E-state index in [1.807, 2.05) is 6.07 Å². The van der Waals surface area contributed by atoms with Gasteiger partial charge in [-0.15, -0.1) is 0 Å². The van der Waals surface area contributed by atoms with E-state index in [0.717, 1.165) is 51.6 Å². The molecule has 158 valence electrons. The number of amides is 1. The fourth-order valence-corrected chi connectivity index (χ4v) is 5.73. The maximum Gasteiger partial charge on any atom is 0.250 e. The number of nitrogens with zero attached hydrogens (tertiary/aromatic N) is 1. The Morgan fingerprint density at radius 1 is 1.28 bits per heavy atom. The molecule has 1 aromatic carbocycles. The van der Waals surface area contributed by atoms with Crippen molar-refractivity contribution in [3.05, 3.63) is 35.9 Å². The van der Waals surface area contributed by atoms with Crippen molar-refractivity contribution in [1.29, 1.82) is 0 Å². The second kappa shape index (κ2) is 8.97. The zero-order valence-electron chi connectivity index (χ0n) is 17.5. The zero-order valence-corrected chi connectivity index (χ0v) is 17.5. The lowest BCUT2D eigenvalue weighted by molar-refractivity contribution is -0.141. The number of ether oxygens (including phenoxy) is 1. The summed E-state index contributed by atoms with van der Waals surface area (Å²) in [5.74, 6) is 1.07. The summed E-state index contributed by atoms with van der Waals surface area (Å²) in [5.41, 5.74) is 1.09. The lowest BCUT2D eigenvalue weighted by atomic mass is 9.59. The van der Waals surface area contributed by atoms with Crippen LogP contribution in [0.25, 0.3) is 0 Å². The highest BCUT2D eigenvalue weighted by Gasteiger charge is 2.45. The van der Waals surface area contributed by atoms with Gasteiger partial charge >= 0.3 is 0 Å². The van der Waals surface area contributed by atoms with Gasteiger partial charge < -0.3 is 14.8 Å². The number of nitrogens with one attached hydrogen (secondary N) is 1. The normalized spacial score (nSPS) is 35.1. The summed E-state index contributed by atoms with van der Waals surface area (Å²) in [7, 11) is 0. The Balaban J connectivity index is 1.34. The highest BCUT2D eigenvalue weighted by molar-refractivity contribution is 5.81. The third-order valence-electron chi connectivity index (χ3n) is 7.43. The van der Waals surface area contributed by atoms with Gasteiger partial charge in [0.2, 0.25) is 0 Å². The monoisotopic (exact) mass is 398 g/mol. The molecule has 2 aliphatic carbocycles. The van der Waals surface area contributed by atoms with Gasteiger partial charge in [-0.25, -0.2) is 0 Å². The standard InChI is InChI=1S/C24H34N2O3/c1-2-24(17-27)13-19-8-9-21(20(12-19)14-24)25-23(28)22-16-26(10-11-29-22)15-18-6-4-3-5-7-18/h3-7,17,19-22H,2,8-16H2,1H3,(H,25,28). The Morgan fingerprint density at radius 3 is 2.86 bits per heavy atom. The van der Waals surface area contributed by atoms with Gasteiger partial charge in [0.05, 0.1) is 6.61 Å². The van der Waals surface area contributed by atoms with E-state index in [2.05, 4.69) is 41.4 Å². The molecule has 1 aliphatic heterocycles. The average Bonchev–Trinajstić information content (AvgIpc) is 2.76. The van der Waals surface area contributed by atoms with E-state index in [4.69, 9.17) is 4.74 Å². The van der Waals surface area contributed by atoms with Crippen LogP contribution < -0.4 is 5.32 Å². The molecule has 5 nitrogen and oxygen atoms in total. The number of carbonyl (C=O) groups is 2.